The summed E-state index contributed by atoms with van der Waals surface area (Å²) in [5.41, 5.74) is 0.954. The van der Waals surface area contributed by atoms with E-state index in [0.717, 1.165) is 24.5 Å². The van der Waals surface area contributed by atoms with Gasteiger partial charge in [0.05, 0.1) is 0 Å². The van der Waals surface area contributed by atoms with Crippen LogP contribution in [0.3, 0.4) is 0 Å². The van der Waals surface area contributed by atoms with E-state index in [4.69, 9.17) is 0 Å². The highest BCUT2D eigenvalue weighted by atomic mass is 16.1. The van der Waals surface area contributed by atoms with Crippen molar-refractivity contribution >= 4 is 0 Å². The fraction of sp³-hybridized carbons (Fsp3) is 0.667. The first-order chi connectivity index (χ1) is 7.81. The van der Waals surface area contributed by atoms with E-state index in [1.54, 1.807) is 6.07 Å². The molecule has 1 aliphatic heterocycles. The summed E-state index contributed by atoms with van der Waals surface area (Å²) in [7, 11) is 0. The van der Waals surface area contributed by atoms with E-state index in [1.807, 2.05) is 0 Å². The number of nitrogens with one attached hydrogen (secondary N) is 2. The third kappa shape index (κ3) is 2.16. The molecule has 0 aromatic carbocycles. The molecule has 2 aliphatic rings. The summed E-state index contributed by atoms with van der Waals surface area (Å²) in [5.74, 6) is 1.42. The molecule has 1 saturated carbocycles. The number of nitrogens with zero attached hydrogens (tertiary/aromatic N) is 1. The van der Waals surface area contributed by atoms with Crippen molar-refractivity contribution in [3.05, 3.63) is 27.9 Å². The fourth-order valence-electron chi connectivity index (χ4n) is 2.37. The van der Waals surface area contributed by atoms with Crippen LogP contribution in [0.4, 0.5) is 0 Å². The molecular weight excluding hydrogens is 202 g/mol. The Morgan fingerprint density at radius 3 is 2.94 bits per heavy atom. The Bertz CT molecular complexity index is 430. The quantitative estimate of drug-likeness (QED) is 0.795. The number of H-pyrrole nitrogens is 1. The predicted octanol–water partition coefficient (Wildman–Crippen LogP) is 0.942. The number of hydrogen-bond acceptors (Lipinski definition) is 3. The Morgan fingerprint density at radius 1 is 1.38 bits per heavy atom. The van der Waals surface area contributed by atoms with Crippen LogP contribution in [0.2, 0.25) is 0 Å². The van der Waals surface area contributed by atoms with E-state index in [-0.39, 0.29) is 5.56 Å². The molecule has 3 rings (SSSR count). The average molecular weight is 219 g/mol. The molecule has 1 saturated heterocycles. The van der Waals surface area contributed by atoms with Gasteiger partial charge in [0, 0.05) is 30.1 Å². The van der Waals surface area contributed by atoms with Gasteiger partial charge in [0.2, 0.25) is 0 Å². The summed E-state index contributed by atoms with van der Waals surface area (Å²) >= 11 is 0. The lowest BCUT2D eigenvalue weighted by Gasteiger charge is -2.09. The van der Waals surface area contributed by atoms with Gasteiger partial charge in [0.25, 0.3) is 5.56 Å². The van der Waals surface area contributed by atoms with Crippen LogP contribution in [0.15, 0.2) is 10.9 Å². The third-order valence-corrected chi connectivity index (χ3v) is 3.39. The first-order valence-electron chi connectivity index (χ1n) is 6.15. The average Bonchev–Trinajstić information content (AvgIpc) is 2.98. The number of aromatic nitrogens is 2. The molecule has 0 bridgehead atoms. The minimum absolute atomic E-state index is 0.00453. The Kier molecular flexibility index (Phi) is 2.52. The lowest BCUT2D eigenvalue weighted by molar-refractivity contribution is 0.591. The van der Waals surface area contributed by atoms with Gasteiger partial charge in [0.1, 0.15) is 5.82 Å². The van der Waals surface area contributed by atoms with E-state index < -0.39 is 0 Å². The van der Waals surface area contributed by atoms with Crippen LogP contribution < -0.4 is 10.9 Å². The summed E-state index contributed by atoms with van der Waals surface area (Å²) in [6, 6.07) is 2.16. The molecule has 1 aromatic rings. The van der Waals surface area contributed by atoms with Gasteiger partial charge in [-0.1, -0.05) is 0 Å². The maximum absolute atomic E-state index is 11.5. The highest BCUT2D eigenvalue weighted by Crippen LogP contribution is 2.37. The molecule has 1 aromatic heterocycles. The summed E-state index contributed by atoms with van der Waals surface area (Å²) < 4.78 is 0. The lowest BCUT2D eigenvalue weighted by Crippen LogP contribution is -2.25. The second-order valence-corrected chi connectivity index (χ2v) is 4.89. The van der Waals surface area contributed by atoms with E-state index >= 15 is 0 Å². The first-order valence-corrected chi connectivity index (χ1v) is 6.15. The van der Waals surface area contributed by atoms with Crippen LogP contribution >= 0.6 is 0 Å². The van der Waals surface area contributed by atoms with Crippen molar-refractivity contribution in [1.82, 2.24) is 15.3 Å². The van der Waals surface area contributed by atoms with E-state index in [0.29, 0.717) is 12.0 Å². The van der Waals surface area contributed by atoms with Gasteiger partial charge in [-0.15, -0.1) is 0 Å². The highest BCUT2D eigenvalue weighted by Gasteiger charge is 2.26. The zero-order valence-corrected chi connectivity index (χ0v) is 9.33. The highest BCUT2D eigenvalue weighted by molar-refractivity contribution is 5.11. The van der Waals surface area contributed by atoms with Crippen LogP contribution in [0.1, 0.15) is 43.1 Å². The molecule has 16 heavy (non-hydrogen) atoms. The molecule has 4 heteroatoms. The monoisotopic (exact) mass is 219 g/mol. The standard InChI is InChI=1S/C12H17N3O/c16-11-7-10(6-9-2-1-5-13-9)14-12(15-11)8-3-4-8/h7-9,13H,1-6H2,(H,14,15,16). The zero-order valence-electron chi connectivity index (χ0n) is 9.33. The van der Waals surface area contributed by atoms with Gasteiger partial charge < -0.3 is 10.3 Å². The molecule has 1 unspecified atom stereocenters. The van der Waals surface area contributed by atoms with Gasteiger partial charge in [-0.3, -0.25) is 4.79 Å². The Balaban J connectivity index is 1.79. The maximum atomic E-state index is 11.5. The number of hydrogen-bond donors (Lipinski definition) is 2. The van der Waals surface area contributed by atoms with Crippen molar-refractivity contribution in [3.63, 3.8) is 0 Å². The third-order valence-electron chi connectivity index (χ3n) is 3.39. The van der Waals surface area contributed by atoms with Crippen molar-refractivity contribution in [2.75, 3.05) is 6.54 Å². The van der Waals surface area contributed by atoms with Crippen molar-refractivity contribution in [1.29, 1.82) is 0 Å². The van der Waals surface area contributed by atoms with Crippen molar-refractivity contribution in [3.8, 4) is 0 Å². The molecule has 0 spiro atoms. The smallest absolute Gasteiger partial charge is 0.251 e. The number of rotatable bonds is 3. The van der Waals surface area contributed by atoms with Gasteiger partial charge in [0.15, 0.2) is 0 Å². The van der Waals surface area contributed by atoms with Crippen LogP contribution in [0, 0.1) is 0 Å². The molecule has 2 heterocycles. The van der Waals surface area contributed by atoms with Gasteiger partial charge in [-0.25, -0.2) is 4.98 Å². The topological polar surface area (TPSA) is 57.8 Å². The summed E-state index contributed by atoms with van der Waals surface area (Å²) in [6.07, 6.45) is 5.68. The molecule has 1 atom stereocenters. The van der Waals surface area contributed by atoms with Gasteiger partial charge in [-0.2, -0.15) is 0 Å². The van der Waals surface area contributed by atoms with E-state index in [9.17, 15) is 4.79 Å². The summed E-state index contributed by atoms with van der Waals surface area (Å²) in [4.78, 5) is 18.9. The van der Waals surface area contributed by atoms with Crippen LogP contribution in [-0.4, -0.2) is 22.6 Å². The normalized spacial score (nSPS) is 24.9. The SMILES string of the molecule is O=c1cc(CC2CCCN2)nc(C2CC2)[nH]1. The van der Waals surface area contributed by atoms with E-state index in [1.165, 1.54) is 25.7 Å². The second kappa shape index (κ2) is 4.01. The minimum Gasteiger partial charge on any atom is -0.314 e. The molecule has 86 valence electrons. The van der Waals surface area contributed by atoms with Gasteiger partial charge >= 0.3 is 0 Å². The van der Waals surface area contributed by atoms with E-state index in [2.05, 4.69) is 15.3 Å². The summed E-state index contributed by atoms with van der Waals surface area (Å²) in [6.45, 7) is 1.10. The molecular formula is C12H17N3O. The number of aromatic amines is 1. The molecule has 0 radical (unpaired) electrons. The summed E-state index contributed by atoms with van der Waals surface area (Å²) in [5, 5.41) is 3.44. The first kappa shape index (κ1) is 10.0. The van der Waals surface area contributed by atoms with Gasteiger partial charge in [-0.05, 0) is 32.2 Å². The van der Waals surface area contributed by atoms with Crippen molar-refractivity contribution in [2.45, 2.75) is 44.1 Å². The van der Waals surface area contributed by atoms with Crippen LogP contribution in [-0.2, 0) is 6.42 Å². The Hall–Kier alpha value is -1.16. The van der Waals surface area contributed by atoms with Crippen molar-refractivity contribution in [2.24, 2.45) is 0 Å². The largest absolute Gasteiger partial charge is 0.314 e. The van der Waals surface area contributed by atoms with Crippen LogP contribution in [0.5, 0.6) is 0 Å². The maximum Gasteiger partial charge on any atom is 0.251 e. The molecule has 1 aliphatic carbocycles. The minimum atomic E-state index is 0.00453. The molecule has 2 fully saturated rings. The second-order valence-electron chi connectivity index (χ2n) is 4.89. The predicted molar refractivity (Wildman–Crippen MR) is 61.6 cm³/mol. The van der Waals surface area contributed by atoms with Crippen LogP contribution in [0.25, 0.3) is 0 Å². The zero-order chi connectivity index (χ0) is 11.0. The fourth-order valence-corrected chi connectivity index (χ4v) is 2.37. The van der Waals surface area contributed by atoms with Crippen molar-refractivity contribution < 1.29 is 0 Å². The molecule has 2 N–H and O–H groups in total. The lowest BCUT2D eigenvalue weighted by atomic mass is 10.1. The molecule has 0 amide bonds. The molecule has 4 nitrogen and oxygen atoms in total. The Labute approximate surface area is 94.5 Å². The Morgan fingerprint density at radius 2 is 2.25 bits per heavy atom.